The van der Waals surface area contributed by atoms with E-state index in [1.807, 2.05) is 6.92 Å². The number of carbonyl (C=O) groups is 2. The van der Waals surface area contributed by atoms with Gasteiger partial charge in [-0.15, -0.1) is 0 Å². The zero-order valence-electron chi connectivity index (χ0n) is 10.5. The topological polar surface area (TPSA) is 96.3 Å². The number of hydrogen-bond acceptors (Lipinski definition) is 3. The second-order valence-corrected chi connectivity index (χ2v) is 3.95. The molecule has 0 radical (unpaired) electrons. The zero-order valence-corrected chi connectivity index (χ0v) is 10.5. The number of rotatable bonds is 6. The molecule has 1 atom stereocenters. The number of urea groups is 1. The lowest BCUT2D eigenvalue weighted by Gasteiger charge is -2.14. The fourth-order valence-electron chi connectivity index (χ4n) is 1.50. The van der Waals surface area contributed by atoms with Gasteiger partial charge >= 0.3 is 12.0 Å². The van der Waals surface area contributed by atoms with Crippen molar-refractivity contribution >= 4 is 12.0 Å². The average Bonchev–Trinajstić information content (AvgIpc) is 2.71. The Balaban J connectivity index is 2.41. The summed E-state index contributed by atoms with van der Waals surface area (Å²) in [7, 11) is 1.77. The fourth-order valence-corrected chi connectivity index (χ4v) is 1.50. The maximum Gasteiger partial charge on any atom is 0.326 e. The third kappa shape index (κ3) is 4.08. The van der Waals surface area contributed by atoms with Gasteiger partial charge in [-0.05, 0) is 12.5 Å². The summed E-state index contributed by atoms with van der Waals surface area (Å²) in [6, 6.07) is 0.444. The highest BCUT2D eigenvalue weighted by molar-refractivity contribution is 5.82. The Morgan fingerprint density at radius 2 is 2.28 bits per heavy atom. The first-order chi connectivity index (χ1) is 8.54. The van der Waals surface area contributed by atoms with Gasteiger partial charge in [0.1, 0.15) is 6.04 Å². The molecule has 1 unspecified atom stereocenters. The Hall–Kier alpha value is -2.05. The van der Waals surface area contributed by atoms with E-state index in [-0.39, 0.29) is 0 Å². The number of nitrogens with one attached hydrogen (secondary N) is 2. The summed E-state index contributed by atoms with van der Waals surface area (Å²) in [4.78, 5) is 22.4. The molecule has 0 spiro atoms. The number of aryl methyl sites for hydroxylation is 1. The van der Waals surface area contributed by atoms with Crippen LogP contribution in [0.15, 0.2) is 12.3 Å². The van der Waals surface area contributed by atoms with Crippen LogP contribution in [0.3, 0.4) is 0 Å². The fraction of sp³-hybridized carbons (Fsp3) is 0.545. The van der Waals surface area contributed by atoms with E-state index < -0.39 is 18.0 Å². The summed E-state index contributed by atoms with van der Waals surface area (Å²) in [5, 5.41) is 17.9. The summed E-state index contributed by atoms with van der Waals surface area (Å²) in [5.74, 6) is -1.02. The number of amides is 2. The average molecular weight is 254 g/mol. The number of hydrogen-bond donors (Lipinski definition) is 3. The molecule has 1 heterocycles. The maximum atomic E-state index is 11.5. The van der Waals surface area contributed by atoms with E-state index in [4.69, 9.17) is 5.11 Å². The van der Waals surface area contributed by atoms with Crippen molar-refractivity contribution in [2.45, 2.75) is 32.4 Å². The number of nitrogens with zero attached hydrogens (tertiary/aromatic N) is 2. The van der Waals surface area contributed by atoms with Gasteiger partial charge in [0.05, 0.1) is 12.2 Å². The van der Waals surface area contributed by atoms with E-state index in [9.17, 15) is 9.59 Å². The van der Waals surface area contributed by atoms with Crippen molar-refractivity contribution < 1.29 is 14.7 Å². The van der Waals surface area contributed by atoms with E-state index in [1.165, 1.54) is 0 Å². The Kier molecular flexibility index (Phi) is 5.16. The summed E-state index contributed by atoms with van der Waals surface area (Å²) < 4.78 is 1.64. The number of aromatic nitrogens is 2. The van der Waals surface area contributed by atoms with Crippen molar-refractivity contribution in [3.63, 3.8) is 0 Å². The van der Waals surface area contributed by atoms with Gasteiger partial charge in [-0.25, -0.2) is 9.59 Å². The molecule has 18 heavy (non-hydrogen) atoms. The minimum absolute atomic E-state index is 0.306. The van der Waals surface area contributed by atoms with Gasteiger partial charge in [0.15, 0.2) is 0 Å². The monoisotopic (exact) mass is 254 g/mol. The zero-order chi connectivity index (χ0) is 13.5. The minimum atomic E-state index is -1.02. The van der Waals surface area contributed by atoms with Crippen molar-refractivity contribution in [3.8, 4) is 0 Å². The summed E-state index contributed by atoms with van der Waals surface area (Å²) >= 11 is 0. The van der Waals surface area contributed by atoms with E-state index >= 15 is 0 Å². The van der Waals surface area contributed by atoms with Crippen LogP contribution < -0.4 is 10.6 Å². The van der Waals surface area contributed by atoms with Crippen LogP contribution in [0.2, 0.25) is 0 Å². The van der Waals surface area contributed by atoms with Gasteiger partial charge in [-0.2, -0.15) is 5.10 Å². The van der Waals surface area contributed by atoms with Crippen LogP contribution in [0.5, 0.6) is 0 Å². The number of carbonyl (C=O) groups excluding carboxylic acids is 1. The molecule has 1 aromatic rings. The van der Waals surface area contributed by atoms with Crippen molar-refractivity contribution in [3.05, 3.63) is 18.0 Å². The van der Waals surface area contributed by atoms with Crippen LogP contribution >= 0.6 is 0 Å². The second kappa shape index (κ2) is 6.63. The van der Waals surface area contributed by atoms with Crippen LogP contribution in [0.25, 0.3) is 0 Å². The van der Waals surface area contributed by atoms with Gasteiger partial charge < -0.3 is 15.7 Å². The minimum Gasteiger partial charge on any atom is -0.480 e. The van der Waals surface area contributed by atoms with E-state index in [0.717, 1.165) is 5.69 Å². The van der Waals surface area contributed by atoms with Gasteiger partial charge in [0.2, 0.25) is 0 Å². The molecule has 2 amide bonds. The SMILES string of the molecule is CCCC(NC(=O)NCc1ccnn1C)C(=O)O. The molecule has 1 rings (SSSR count). The molecule has 1 aromatic heterocycles. The lowest BCUT2D eigenvalue weighted by atomic mass is 10.2. The lowest BCUT2D eigenvalue weighted by Crippen LogP contribution is -2.45. The van der Waals surface area contributed by atoms with Gasteiger partial charge in [0.25, 0.3) is 0 Å². The highest BCUT2D eigenvalue weighted by atomic mass is 16.4. The molecule has 7 nitrogen and oxygen atoms in total. The Morgan fingerprint density at radius 1 is 1.56 bits per heavy atom. The van der Waals surface area contributed by atoms with Crippen molar-refractivity contribution in [2.75, 3.05) is 0 Å². The second-order valence-electron chi connectivity index (χ2n) is 3.95. The first-order valence-corrected chi connectivity index (χ1v) is 5.78. The molecular formula is C11H18N4O3. The molecule has 7 heteroatoms. The van der Waals surface area contributed by atoms with Gasteiger partial charge in [0, 0.05) is 13.2 Å². The molecule has 0 fully saturated rings. The standard InChI is InChI=1S/C11H18N4O3/c1-3-4-9(10(16)17)14-11(18)12-7-8-5-6-13-15(8)2/h5-6,9H,3-4,7H2,1-2H3,(H,16,17)(H2,12,14,18). The smallest absolute Gasteiger partial charge is 0.326 e. The summed E-state index contributed by atoms with van der Waals surface area (Å²) in [5.41, 5.74) is 0.840. The van der Waals surface area contributed by atoms with Crippen LogP contribution in [-0.2, 0) is 18.4 Å². The quantitative estimate of drug-likeness (QED) is 0.687. The maximum absolute atomic E-state index is 11.5. The molecule has 3 N–H and O–H groups in total. The normalized spacial score (nSPS) is 11.9. The predicted octanol–water partition coefficient (Wildman–Crippen LogP) is 0.473. The van der Waals surface area contributed by atoms with Crippen LogP contribution in [0, 0.1) is 0 Å². The summed E-state index contributed by atoms with van der Waals surface area (Å²) in [6.07, 6.45) is 2.74. The predicted molar refractivity (Wildman–Crippen MR) is 64.9 cm³/mol. The Bertz CT molecular complexity index is 416. The van der Waals surface area contributed by atoms with Crippen molar-refractivity contribution in [1.82, 2.24) is 20.4 Å². The first-order valence-electron chi connectivity index (χ1n) is 5.78. The van der Waals surface area contributed by atoms with E-state index in [1.54, 1.807) is 24.0 Å². The molecule has 0 aliphatic rings. The molecule has 100 valence electrons. The van der Waals surface area contributed by atoms with Crippen molar-refractivity contribution in [2.24, 2.45) is 7.05 Å². The molecule has 0 aliphatic heterocycles. The van der Waals surface area contributed by atoms with E-state index in [2.05, 4.69) is 15.7 Å². The third-order valence-electron chi connectivity index (χ3n) is 2.53. The molecule has 0 saturated carbocycles. The van der Waals surface area contributed by atoms with E-state index in [0.29, 0.717) is 19.4 Å². The summed E-state index contributed by atoms with van der Waals surface area (Å²) in [6.45, 7) is 2.17. The molecular weight excluding hydrogens is 236 g/mol. The highest BCUT2D eigenvalue weighted by Gasteiger charge is 2.18. The van der Waals surface area contributed by atoms with Crippen molar-refractivity contribution in [1.29, 1.82) is 0 Å². The van der Waals surface area contributed by atoms with Gasteiger partial charge in [-0.1, -0.05) is 13.3 Å². The lowest BCUT2D eigenvalue weighted by molar-refractivity contribution is -0.139. The Morgan fingerprint density at radius 3 is 2.78 bits per heavy atom. The molecule has 0 bridgehead atoms. The third-order valence-corrected chi connectivity index (χ3v) is 2.53. The number of carboxylic acid groups (broad SMARTS) is 1. The number of carboxylic acids is 1. The van der Waals surface area contributed by atoms with Gasteiger partial charge in [-0.3, -0.25) is 4.68 Å². The van der Waals surface area contributed by atoms with Crippen LogP contribution in [0.4, 0.5) is 4.79 Å². The molecule has 0 aliphatic carbocycles. The largest absolute Gasteiger partial charge is 0.480 e. The Labute approximate surface area is 105 Å². The molecule has 0 saturated heterocycles. The van der Waals surface area contributed by atoms with Crippen LogP contribution in [0.1, 0.15) is 25.5 Å². The molecule has 0 aromatic carbocycles. The highest BCUT2D eigenvalue weighted by Crippen LogP contribution is 1.98. The first kappa shape index (κ1) is 14.0. The van der Waals surface area contributed by atoms with Crippen LogP contribution in [-0.4, -0.2) is 32.9 Å². The number of aliphatic carboxylic acids is 1.